The fourth-order valence-corrected chi connectivity index (χ4v) is 4.93. The van der Waals surface area contributed by atoms with Crippen LogP contribution in [0.4, 0.5) is 5.69 Å². The van der Waals surface area contributed by atoms with Crippen LogP contribution < -0.4 is 10.1 Å². The summed E-state index contributed by atoms with van der Waals surface area (Å²) in [7, 11) is 1.60. The Morgan fingerprint density at radius 3 is 2.59 bits per heavy atom. The highest BCUT2D eigenvalue weighted by atomic mass is 32.2. The second-order valence-electron chi connectivity index (χ2n) is 6.63. The molecule has 1 aromatic heterocycles. The van der Waals surface area contributed by atoms with E-state index in [1.807, 2.05) is 6.92 Å². The van der Waals surface area contributed by atoms with Crippen LogP contribution in [0.2, 0.25) is 0 Å². The second-order valence-corrected chi connectivity index (χ2v) is 8.66. The van der Waals surface area contributed by atoms with Crippen LogP contribution >= 0.6 is 23.1 Å². The van der Waals surface area contributed by atoms with E-state index in [9.17, 15) is 9.59 Å². The second kappa shape index (κ2) is 8.31. The summed E-state index contributed by atoms with van der Waals surface area (Å²) < 4.78 is 5.13. The number of hydrogen-bond donors (Lipinski definition) is 1. The standard InChI is InChI=1S/C19H23N3O3S2/c1-11(2)18-20-12(3)16(27-18)19(24)22-10-26-9-15(22)17(23)21-13-5-7-14(25-4)8-6-13/h5-8,11,15H,9-10H2,1-4H3,(H,21,23). The molecule has 2 amide bonds. The highest BCUT2D eigenvalue weighted by Gasteiger charge is 2.36. The summed E-state index contributed by atoms with van der Waals surface area (Å²) in [5.74, 6) is 1.80. The van der Waals surface area contributed by atoms with Gasteiger partial charge < -0.3 is 15.0 Å². The number of benzene rings is 1. The Kier molecular flexibility index (Phi) is 6.06. The molecule has 0 bridgehead atoms. The van der Waals surface area contributed by atoms with Gasteiger partial charge in [-0.2, -0.15) is 0 Å². The Hall–Kier alpha value is -2.06. The maximum Gasteiger partial charge on any atom is 0.267 e. The van der Waals surface area contributed by atoms with Crippen molar-refractivity contribution < 1.29 is 14.3 Å². The lowest BCUT2D eigenvalue weighted by molar-refractivity contribution is -0.119. The van der Waals surface area contributed by atoms with Gasteiger partial charge in [-0.25, -0.2) is 4.98 Å². The Balaban J connectivity index is 1.74. The number of hydrogen-bond acceptors (Lipinski definition) is 6. The monoisotopic (exact) mass is 405 g/mol. The van der Waals surface area contributed by atoms with E-state index in [0.717, 1.165) is 16.5 Å². The van der Waals surface area contributed by atoms with Crippen molar-refractivity contribution in [2.75, 3.05) is 24.1 Å². The number of amides is 2. The van der Waals surface area contributed by atoms with Crippen LogP contribution in [0.15, 0.2) is 24.3 Å². The zero-order chi connectivity index (χ0) is 19.6. The van der Waals surface area contributed by atoms with Crippen molar-refractivity contribution in [2.45, 2.75) is 32.7 Å². The SMILES string of the molecule is COc1ccc(NC(=O)C2CSCN2C(=O)c2sc(C(C)C)nc2C)cc1. The van der Waals surface area contributed by atoms with E-state index in [4.69, 9.17) is 4.74 Å². The zero-order valence-electron chi connectivity index (χ0n) is 15.8. The topological polar surface area (TPSA) is 71.5 Å². The summed E-state index contributed by atoms with van der Waals surface area (Å²) in [6.45, 7) is 5.97. The minimum Gasteiger partial charge on any atom is -0.497 e. The maximum atomic E-state index is 13.0. The van der Waals surface area contributed by atoms with Crippen LogP contribution in [0.25, 0.3) is 0 Å². The summed E-state index contributed by atoms with van der Waals surface area (Å²) in [4.78, 5) is 32.6. The number of thiazole rings is 1. The Morgan fingerprint density at radius 1 is 1.30 bits per heavy atom. The predicted molar refractivity (Wildman–Crippen MR) is 110 cm³/mol. The van der Waals surface area contributed by atoms with Gasteiger partial charge in [-0.05, 0) is 31.2 Å². The van der Waals surface area contributed by atoms with Gasteiger partial charge >= 0.3 is 0 Å². The maximum absolute atomic E-state index is 13.0. The van der Waals surface area contributed by atoms with Crippen molar-refractivity contribution in [3.05, 3.63) is 39.8 Å². The number of thioether (sulfide) groups is 1. The molecule has 1 unspecified atom stereocenters. The smallest absolute Gasteiger partial charge is 0.267 e. The van der Waals surface area contributed by atoms with Crippen molar-refractivity contribution in [1.29, 1.82) is 0 Å². The minimum absolute atomic E-state index is 0.114. The van der Waals surface area contributed by atoms with Gasteiger partial charge in [-0.1, -0.05) is 13.8 Å². The van der Waals surface area contributed by atoms with E-state index in [2.05, 4.69) is 24.1 Å². The summed E-state index contributed by atoms with van der Waals surface area (Å²) in [5.41, 5.74) is 1.42. The Labute approximate surface area is 167 Å². The number of nitrogens with one attached hydrogen (secondary N) is 1. The number of methoxy groups -OCH3 is 1. The van der Waals surface area contributed by atoms with Crippen LogP contribution in [-0.4, -0.2) is 46.5 Å². The highest BCUT2D eigenvalue weighted by Crippen LogP contribution is 2.30. The zero-order valence-corrected chi connectivity index (χ0v) is 17.4. The molecule has 0 spiro atoms. The summed E-state index contributed by atoms with van der Waals surface area (Å²) in [6, 6.07) is 6.65. The normalized spacial score (nSPS) is 16.6. The average Bonchev–Trinajstić information content (AvgIpc) is 3.28. The summed E-state index contributed by atoms with van der Waals surface area (Å²) in [5, 5.41) is 3.84. The Bertz CT molecular complexity index is 833. The van der Waals surface area contributed by atoms with Gasteiger partial charge in [0.25, 0.3) is 5.91 Å². The van der Waals surface area contributed by atoms with Crippen LogP contribution in [0.1, 0.15) is 40.1 Å². The van der Waals surface area contributed by atoms with Crippen LogP contribution in [0.5, 0.6) is 5.75 Å². The van der Waals surface area contributed by atoms with E-state index in [1.54, 1.807) is 48.0 Å². The van der Waals surface area contributed by atoms with Crippen molar-refractivity contribution in [3.63, 3.8) is 0 Å². The lowest BCUT2D eigenvalue weighted by Crippen LogP contribution is -2.44. The molecule has 0 saturated carbocycles. The molecule has 1 atom stereocenters. The number of anilines is 1. The Morgan fingerprint density at radius 2 is 2.00 bits per heavy atom. The first kappa shape index (κ1) is 19.7. The molecule has 2 aromatic rings. The van der Waals surface area contributed by atoms with Gasteiger partial charge in [0.05, 0.1) is 23.7 Å². The molecule has 1 aromatic carbocycles. The van der Waals surface area contributed by atoms with Crippen molar-refractivity contribution in [1.82, 2.24) is 9.88 Å². The molecule has 1 aliphatic rings. The third kappa shape index (κ3) is 4.27. The van der Waals surface area contributed by atoms with Crippen LogP contribution in [0, 0.1) is 6.92 Å². The first-order chi connectivity index (χ1) is 12.9. The number of rotatable bonds is 5. The first-order valence-corrected chi connectivity index (χ1v) is 10.7. The molecule has 144 valence electrons. The van der Waals surface area contributed by atoms with Crippen molar-refractivity contribution in [3.8, 4) is 5.75 Å². The third-order valence-corrected chi connectivity index (χ3v) is 6.76. The lowest BCUT2D eigenvalue weighted by atomic mass is 10.2. The minimum atomic E-state index is -0.492. The number of carbonyl (C=O) groups excluding carboxylic acids is 2. The largest absolute Gasteiger partial charge is 0.497 e. The van der Waals surface area contributed by atoms with Gasteiger partial charge in [0, 0.05) is 17.4 Å². The highest BCUT2D eigenvalue weighted by molar-refractivity contribution is 7.99. The fraction of sp³-hybridized carbons (Fsp3) is 0.421. The van der Waals surface area contributed by atoms with Gasteiger partial charge in [-0.3, -0.25) is 9.59 Å². The molecule has 1 N–H and O–H groups in total. The van der Waals surface area contributed by atoms with E-state index >= 15 is 0 Å². The quantitative estimate of drug-likeness (QED) is 0.821. The predicted octanol–water partition coefficient (Wildman–Crippen LogP) is 3.74. The molecule has 1 fully saturated rings. The molecular weight excluding hydrogens is 382 g/mol. The summed E-state index contributed by atoms with van der Waals surface area (Å²) in [6.07, 6.45) is 0. The van der Waals surface area contributed by atoms with Gasteiger partial charge in [-0.15, -0.1) is 23.1 Å². The molecule has 6 nitrogen and oxygen atoms in total. The van der Waals surface area contributed by atoms with E-state index in [-0.39, 0.29) is 17.7 Å². The first-order valence-electron chi connectivity index (χ1n) is 8.71. The van der Waals surface area contributed by atoms with Crippen LogP contribution in [0.3, 0.4) is 0 Å². The molecular formula is C19H23N3O3S2. The van der Waals surface area contributed by atoms with Crippen molar-refractivity contribution in [2.24, 2.45) is 0 Å². The number of carbonyl (C=O) groups is 2. The summed E-state index contributed by atoms with van der Waals surface area (Å²) >= 11 is 3.01. The molecule has 2 heterocycles. The van der Waals surface area contributed by atoms with E-state index < -0.39 is 6.04 Å². The third-order valence-electron chi connectivity index (χ3n) is 4.30. The molecule has 3 rings (SSSR count). The molecule has 1 saturated heterocycles. The van der Waals surface area contributed by atoms with E-state index in [1.165, 1.54) is 11.3 Å². The molecule has 0 aliphatic carbocycles. The molecule has 0 radical (unpaired) electrons. The van der Waals surface area contributed by atoms with Gasteiger partial charge in [0.15, 0.2) is 0 Å². The van der Waals surface area contributed by atoms with Crippen LogP contribution in [-0.2, 0) is 4.79 Å². The number of aryl methyl sites for hydroxylation is 1. The molecule has 1 aliphatic heterocycles. The van der Waals surface area contributed by atoms with Gasteiger partial charge in [0.2, 0.25) is 5.91 Å². The van der Waals surface area contributed by atoms with Crippen molar-refractivity contribution >= 4 is 40.6 Å². The lowest BCUT2D eigenvalue weighted by Gasteiger charge is -2.22. The van der Waals surface area contributed by atoms with Gasteiger partial charge in [0.1, 0.15) is 16.7 Å². The number of ether oxygens (including phenoxy) is 1. The van der Waals surface area contributed by atoms with E-state index in [0.29, 0.717) is 22.2 Å². The average molecular weight is 406 g/mol. The molecule has 27 heavy (non-hydrogen) atoms. The number of aromatic nitrogens is 1. The fourth-order valence-electron chi connectivity index (χ4n) is 2.75. The number of nitrogens with zero attached hydrogens (tertiary/aromatic N) is 2. The molecule has 8 heteroatoms.